The van der Waals surface area contributed by atoms with E-state index in [9.17, 15) is 9.59 Å². The first-order valence-corrected chi connectivity index (χ1v) is 2.54. The van der Waals surface area contributed by atoms with Crippen LogP contribution in [0.25, 0.3) is 0 Å². The Bertz CT molecular complexity index is 145. The van der Waals surface area contributed by atoms with Crippen molar-refractivity contribution in [3.8, 4) is 0 Å². The molecule has 8 heavy (non-hydrogen) atoms. The third-order valence-electron chi connectivity index (χ3n) is 0.714. The Morgan fingerprint density at radius 3 is 2.25 bits per heavy atom. The fourth-order valence-electron chi connectivity index (χ4n) is 0.251. The fraction of sp³-hybridized carbons (Fsp3) is 0.400. The molecule has 0 saturated carbocycles. The van der Waals surface area contributed by atoms with Gasteiger partial charge in [-0.25, -0.2) is 4.79 Å². The molecular formula is C5H5ClO2. The van der Waals surface area contributed by atoms with E-state index in [0.29, 0.717) is 6.42 Å². The van der Waals surface area contributed by atoms with Crippen molar-refractivity contribution in [2.24, 2.45) is 0 Å². The summed E-state index contributed by atoms with van der Waals surface area (Å²) in [7, 11) is 0. The Morgan fingerprint density at radius 1 is 1.75 bits per heavy atom. The van der Waals surface area contributed by atoms with Crippen LogP contribution >= 0.6 is 11.6 Å². The molecule has 0 aromatic rings. The molecule has 0 rings (SSSR count). The molecule has 2 nitrogen and oxygen atoms in total. The average molecular weight is 133 g/mol. The predicted molar refractivity (Wildman–Crippen MR) is 30.4 cm³/mol. The monoisotopic (exact) mass is 132 g/mol. The van der Waals surface area contributed by atoms with E-state index in [1.165, 1.54) is 5.94 Å². The summed E-state index contributed by atoms with van der Waals surface area (Å²) in [6.45, 7) is 1.67. The maximum absolute atomic E-state index is 10.1. The number of carbonyl (C=O) groups excluding carboxylic acids is 2. The van der Waals surface area contributed by atoms with Gasteiger partial charge in [0.2, 0.25) is 0 Å². The zero-order chi connectivity index (χ0) is 6.57. The third-order valence-corrected chi connectivity index (χ3v) is 0.942. The molecule has 0 aliphatic rings. The second-order valence-corrected chi connectivity index (χ2v) is 1.55. The molecule has 0 spiro atoms. The van der Waals surface area contributed by atoms with Crippen LogP contribution in [0, 0.1) is 0 Å². The minimum absolute atomic E-state index is 0.00617. The Morgan fingerprint density at radius 2 is 2.25 bits per heavy atom. The number of carbonyl (C=O) groups is 1. The van der Waals surface area contributed by atoms with Crippen molar-refractivity contribution in [1.82, 2.24) is 0 Å². The predicted octanol–water partition coefficient (Wildman–Crippen LogP) is 0.920. The molecule has 0 aromatic carbocycles. The van der Waals surface area contributed by atoms with Gasteiger partial charge < -0.3 is 0 Å². The van der Waals surface area contributed by atoms with Gasteiger partial charge in [0, 0.05) is 0 Å². The third kappa shape index (κ3) is 1.92. The highest BCUT2D eigenvalue weighted by Gasteiger charge is 2.01. The molecule has 0 atom stereocenters. The zero-order valence-corrected chi connectivity index (χ0v) is 5.16. The van der Waals surface area contributed by atoms with E-state index in [2.05, 4.69) is 0 Å². The van der Waals surface area contributed by atoms with Gasteiger partial charge in [-0.15, -0.1) is 0 Å². The Kier molecular flexibility index (Phi) is 3.16. The summed E-state index contributed by atoms with van der Waals surface area (Å²) in [6.07, 6.45) is 0.353. The topological polar surface area (TPSA) is 34.1 Å². The largest absolute Gasteiger partial charge is 0.275 e. The molecule has 0 aliphatic heterocycles. The van der Waals surface area contributed by atoms with Gasteiger partial charge in [0.05, 0.1) is 5.57 Å². The molecule has 0 unspecified atom stereocenters. The molecule has 0 aromatic heterocycles. The highest BCUT2D eigenvalue weighted by atomic mass is 35.5. The number of hydrogen-bond donors (Lipinski definition) is 0. The van der Waals surface area contributed by atoms with Crippen molar-refractivity contribution in [2.75, 3.05) is 0 Å². The van der Waals surface area contributed by atoms with Gasteiger partial charge in [0.1, 0.15) is 5.94 Å². The summed E-state index contributed by atoms with van der Waals surface area (Å²) in [5, 5.41) is -0.706. The van der Waals surface area contributed by atoms with E-state index in [4.69, 9.17) is 11.6 Å². The van der Waals surface area contributed by atoms with Crippen LogP contribution in [-0.4, -0.2) is 11.2 Å². The van der Waals surface area contributed by atoms with Crippen LogP contribution in [0.5, 0.6) is 0 Å². The summed E-state index contributed by atoms with van der Waals surface area (Å²) in [5.41, 5.74) is 0.00617. The van der Waals surface area contributed by atoms with Crippen molar-refractivity contribution < 1.29 is 9.59 Å². The number of rotatable bonds is 2. The maximum Gasteiger partial charge on any atom is 0.259 e. The molecule has 0 amide bonds. The van der Waals surface area contributed by atoms with Gasteiger partial charge in [0.15, 0.2) is 0 Å². The molecule has 0 bridgehead atoms. The first-order valence-electron chi connectivity index (χ1n) is 2.16. The van der Waals surface area contributed by atoms with Gasteiger partial charge in [-0.3, -0.25) is 4.79 Å². The molecule has 0 aliphatic carbocycles. The van der Waals surface area contributed by atoms with E-state index >= 15 is 0 Å². The summed E-state index contributed by atoms with van der Waals surface area (Å²) in [5.74, 6) is 1.44. The van der Waals surface area contributed by atoms with Crippen molar-refractivity contribution in [1.29, 1.82) is 0 Å². The van der Waals surface area contributed by atoms with Crippen molar-refractivity contribution in [3.63, 3.8) is 0 Å². The Hall–Kier alpha value is -0.590. The van der Waals surface area contributed by atoms with Gasteiger partial charge in [-0.1, -0.05) is 6.92 Å². The smallest absolute Gasteiger partial charge is 0.259 e. The van der Waals surface area contributed by atoms with Crippen LogP contribution in [0.4, 0.5) is 0 Å². The minimum atomic E-state index is -0.706. The van der Waals surface area contributed by atoms with Crippen LogP contribution < -0.4 is 0 Å². The SMILES string of the molecule is CCC(=C=O)C(=O)Cl. The van der Waals surface area contributed by atoms with E-state index in [1.54, 1.807) is 6.92 Å². The molecule has 0 heterocycles. The molecule has 0 saturated heterocycles. The fourth-order valence-corrected chi connectivity index (χ4v) is 0.423. The zero-order valence-electron chi connectivity index (χ0n) is 4.40. The summed E-state index contributed by atoms with van der Waals surface area (Å²) in [6, 6.07) is 0. The van der Waals surface area contributed by atoms with E-state index in [-0.39, 0.29) is 5.57 Å². The summed E-state index contributed by atoms with van der Waals surface area (Å²) < 4.78 is 0. The molecular weight excluding hydrogens is 128 g/mol. The molecule has 44 valence electrons. The number of allylic oxidation sites excluding steroid dienone is 1. The lowest BCUT2D eigenvalue weighted by atomic mass is 10.3. The lowest BCUT2D eigenvalue weighted by molar-refractivity contribution is -0.108. The Labute approximate surface area is 52.1 Å². The highest BCUT2D eigenvalue weighted by Crippen LogP contribution is 1.98. The maximum atomic E-state index is 10.1. The van der Waals surface area contributed by atoms with E-state index in [0.717, 1.165) is 0 Å². The second-order valence-electron chi connectivity index (χ2n) is 1.21. The molecule has 0 fully saturated rings. The normalized spacial score (nSPS) is 7.75. The standard InChI is InChI=1S/C5H5ClO2/c1-2-4(3-7)5(6)8/h2H2,1H3. The minimum Gasteiger partial charge on any atom is -0.275 e. The van der Waals surface area contributed by atoms with E-state index < -0.39 is 5.24 Å². The quantitative estimate of drug-likeness (QED) is 0.318. The molecule has 0 N–H and O–H groups in total. The van der Waals surface area contributed by atoms with Crippen LogP contribution in [0.15, 0.2) is 5.57 Å². The highest BCUT2D eigenvalue weighted by molar-refractivity contribution is 6.68. The summed E-state index contributed by atoms with van der Waals surface area (Å²) in [4.78, 5) is 19.8. The lowest BCUT2D eigenvalue weighted by Crippen LogP contribution is -1.90. The van der Waals surface area contributed by atoms with Gasteiger partial charge >= 0.3 is 0 Å². The van der Waals surface area contributed by atoms with Crippen LogP contribution in [0.3, 0.4) is 0 Å². The average Bonchev–Trinajstić information content (AvgIpc) is 1.69. The van der Waals surface area contributed by atoms with Gasteiger partial charge in [0.25, 0.3) is 5.24 Å². The van der Waals surface area contributed by atoms with Gasteiger partial charge in [-0.2, -0.15) is 0 Å². The van der Waals surface area contributed by atoms with E-state index in [1.807, 2.05) is 0 Å². The first-order chi connectivity index (χ1) is 3.72. The van der Waals surface area contributed by atoms with Crippen molar-refractivity contribution in [3.05, 3.63) is 5.57 Å². The first kappa shape index (κ1) is 7.41. The Balaban J connectivity index is 4.14. The van der Waals surface area contributed by atoms with Gasteiger partial charge in [-0.05, 0) is 18.0 Å². The molecule has 0 radical (unpaired) electrons. The van der Waals surface area contributed by atoms with Crippen molar-refractivity contribution >= 4 is 22.8 Å². The van der Waals surface area contributed by atoms with Crippen LogP contribution in [0.2, 0.25) is 0 Å². The number of halogens is 1. The second kappa shape index (κ2) is 3.42. The van der Waals surface area contributed by atoms with Crippen LogP contribution in [-0.2, 0) is 9.59 Å². The lowest BCUT2D eigenvalue weighted by Gasteiger charge is -1.83. The summed E-state index contributed by atoms with van der Waals surface area (Å²) >= 11 is 4.91. The number of hydrogen-bond acceptors (Lipinski definition) is 2. The molecule has 3 heteroatoms. The van der Waals surface area contributed by atoms with Crippen molar-refractivity contribution in [2.45, 2.75) is 13.3 Å². The van der Waals surface area contributed by atoms with Crippen LogP contribution in [0.1, 0.15) is 13.3 Å².